The van der Waals surface area contributed by atoms with Gasteiger partial charge in [-0.25, -0.2) is 4.79 Å². The predicted molar refractivity (Wildman–Crippen MR) is 124 cm³/mol. The first-order valence-corrected chi connectivity index (χ1v) is 12.0. The zero-order valence-electron chi connectivity index (χ0n) is 20.0. The van der Waals surface area contributed by atoms with E-state index in [9.17, 15) is 24.9 Å². The Hall–Kier alpha value is -1.14. The molecule has 0 heterocycles. The van der Waals surface area contributed by atoms with Gasteiger partial charge in [-0.1, -0.05) is 58.3 Å². The number of likely N-dealkylation sites (N-methyl/N-ethyl adjacent to an activating group) is 1. The molecule has 10 nitrogen and oxygen atoms in total. The molecule has 0 aromatic heterocycles. The highest BCUT2D eigenvalue weighted by Crippen LogP contribution is 2.12. The first-order chi connectivity index (χ1) is 15.5. The Kier molecular flexibility index (Phi) is 19.7. The largest absolute Gasteiger partial charge is 0.395 e. The molecule has 0 radical (unpaired) electrons. The number of carbonyl (C=O) groups is 2. The SMILES string of the molecule is CCCCCCCCCCCC(=O)OC(=O)C(NCCO)C(NC)(NCCO)NCCO. The molecule has 0 aliphatic rings. The standard InChI is InChI=1S/C22H46N4O6/c1-3-4-5-6-7-8-9-10-11-12-19(30)32-21(31)20(24-13-16-27)22(23-2,25-14-17-28)26-15-18-29/h20,23-29H,3-18H2,1-2H3. The number of rotatable bonds is 22. The number of unbranched alkanes of at least 4 members (excludes halogenated alkanes) is 8. The summed E-state index contributed by atoms with van der Waals surface area (Å²) in [4.78, 5) is 25.0. The fraction of sp³-hybridized carbons (Fsp3) is 0.909. The molecule has 1 unspecified atom stereocenters. The Morgan fingerprint density at radius 3 is 1.78 bits per heavy atom. The highest BCUT2D eigenvalue weighted by Gasteiger charge is 2.43. The summed E-state index contributed by atoms with van der Waals surface area (Å²) < 4.78 is 5.08. The summed E-state index contributed by atoms with van der Waals surface area (Å²) in [6.45, 7) is 1.94. The number of aliphatic hydroxyl groups excluding tert-OH is 3. The Labute approximate surface area is 192 Å². The lowest BCUT2D eigenvalue weighted by Gasteiger charge is -2.41. The second-order valence-electron chi connectivity index (χ2n) is 7.84. The van der Waals surface area contributed by atoms with E-state index in [1.807, 2.05) is 0 Å². The van der Waals surface area contributed by atoms with E-state index in [4.69, 9.17) is 4.74 Å². The highest BCUT2D eigenvalue weighted by molar-refractivity contribution is 5.89. The summed E-state index contributed by atoms with van der Waals surface area (Å²) in [6, 6.07) is -1.11. The van der Waals surface area contributed by atoms with E-state index in [1.54, 1.807) is 7.05 Å². The second-order valence-corrected chi connectivity index (χ2v) is 7.84. The lowest BCUT2D eigenvalue weighted by molar-refractivity contribution is -0.163. The minimum absolute atomic E-state index is 0.0806. The molecule has 0 fully saturated rings. The van der Waals surface area contributed by atoms with Gasteiger partial charge < -0.3 is 20.1 Å². The topological polar surface area (TPSA) is 152 Å². The number of esters is 2. The first-order valence-electron chi connectivity index (χ1n) is 12.0. The number of carbonyl (C=O) groups excluding carboxylic acids is 2. The molecule has 0 aromatic carbocycles. The number of aliphatic hydroxyl groups is 3. The van der Waals surface area contributed by atoms with Crippen molar-refractivity contribution in [3.05, 3.63) is 0 Å². The molecule has 1 atom stereocenters. The first kappa shape index (κ1) is 30.9. The smallest absolute Gasteiger partial charge is 0.335 e. The van der Waals surface area contributed by atoms with Gasteiger partial charge in [0.25, 0.3) is 0 Å². The molecular formula is C22H46N4O6. The quantitative estimate of drug-likeness (QED) is 0.0505. The minimum Gasteiger partial charge on any atom is -0.395 e. The van der Waals surface area contributed by atoms with Gasteiger partial charge in [-0.05, 0) is 13.5 Å². The third kappa shape index (κ3) is 13.4. The molecule has 0 saturated heterocycles. The monoisotopic (exact) mass is 462 g/mol. The maximum Gasteiger partial charge on any atom is 0.335 e. The maximum absolute atomic E-state index is 12.8. The van der Waals surface area contributed by atoms with Gasteiger partial charge in [-0.15, -0.1) is 0 Å². The summed E-state index contributed by atoms with van der Waals surface area (Å²) in [5, 5.41) is 39.4. The maximum atomic E-state index is 12.8. The lowest BCUT2D eigenvalue weighted by Crippen LogP contribution is -2.77. The summed E-state index contributed by atoms with van der Waals surface area (Å²) in [7, 11) is 1.58. The van der Waals surface area contributed by atoms with Crippen molar-refractivity contribution in [2.75, 3.05) is 46.5 Å². The van der Waals surface area contributed by atoms with Crippen molar-refractivity contribution in [2.45, 2.75) is 83.0 Å². The molecule has 32 heavy (non-hydrogen) atoms. The van der Waals surface area contributed by atoms with E-state index >= 15 is 0 Å². The summed E-state index contributed by atoms with van der Waals surface area (Å²) in [5.74, 6) is -2.72. The molecule has 7 N–H and O–H groups in total. The van der Waals surface area contributed by atoms with Crippen molar-refractivity contribution in [1.82, 2.24) is 21.3 Å². The van der Waals surface area contributed by atoms with Gasteiger partial charge >= 0.3 is 11.9 Å². The molecule has 0 saturated carbocycles. The van der Waals surface area contributed by atoms with Crippen LogP contribution in [0.2, 0.25) is 0 Å². The van der Waals surface area contributed by atoms with Crippen LogP contribution in [0.1, 0.15) is 71.1 Å². The van der Waals surface area contributed by atoms with Crippen LogP contribution < -0.4 is 21.3 Å². The molecule has 0 spiro atoms. The van der Waals surface area contributed by atoms with Gasteiger partial charge in [-0.3, -0.25) is 26.1 Å². The van der Waals surface area contributed by atoms with Crippen LogP contribution in [0.3, 0.4) is 0 Å². The van der Waals surface area contributed by atoms with Crippen LogP contribution in [0.4, 0.5) is 0 Å². The third-order valence-corrected chi connectivity index (χ3v) is 5.25. The van der Waals surface area contributed by atoms with Crippen molar-refractivity contribution in [1.29, 1.82) is 0 Å². The fourth-order valence-corrected chi connectivity index (χ4v) is 3.52. The molecule has 190 valence electrons. The van der Waals surface area contributed by atoms with E-state index in [0.29, 0.717) is 6.42 Å². The van der Waals surface area contributed by atoms with Crippen molar-refractivity contribution >= 4 is 11.9 Å². The van der Waals surface area contributed by atoms with E-state index in [1.165, 1.54) is 32.1 Å². The van der Waals surface area contributed by atoms with Gasteiger partial charge in [0.2, 0.25) is 0 Å². The van der Waals surface area contributed by atoms with E-state index in [-0.39, 0.29) is 45.9 Å². The van der Waals surface area contributed by atoms with Crippen LogP contribution in [-0.2, 0) is 14.3 Å². The molecular weight excluding hydrogens is 416 g/mol. The van der Waals surface area contributed by atoms with Crippen LogP contribution in [0, 0.1) is 0 Å². The van der Waals surface area contributed by atoms with Crippen LogP contribution in [-0.4, -0.2) is 85.6 Å². The number of hydrogen-bond donors (Lipinski definition) is 7. The van der Waals surface area contributed by atoms with Crippen molar-refractivity contribution in [2.24, 2.45) is 0 Å². The van der Waals surface area contributed by atoms with Gasteiger partial charge in [-0.2, -0.15) is 0 Å². The van der Waals surface area contributed by atoms with Crippen molar-refractivity contribution < 1.29 is 29.6 Å². The third-order valence-electron chi connectivity index (χ3n) is 5.25. The van der Waals surface area contributed by atoms with Gasteiger partial charge in [0.1, 0.15) is 5.79 Å². The summed E-state index contributed by atoms with van der Waals surface area (Å²) >= 11 is 0. The molecule has 0 aromatic rings. The Balaban J connectivity index is 4.71. The normalized spacial score (nSPS) is 12.7. The van der Waals surface area contributed by atoms with E-state index < -0.39 is 23.8 Å². The van der Waals surface area contributed by atoms with E-state index in [0.717, 1.165) is 19.3 Å². The average molecular weight is 463 g/mol. The molecule has 0 aliphatic carbocycles. The lowest BCUT2D eigenvalue weighted by atomic mass is 10.1. The molecule has 0 rings (SSSR count). The predicted octanol–water partition coefficient (Wildman–Crippen LogP) is -0.0354. The zero-order chi connectivity index (χ0) is 24.1. The van der Waals surface area contributed by atoms with Crippen LogP contribution >= 0.6 is 0 Å². The van der Waals surface area contributed by atoms with Crippen molar-refractivity contribution in [3.8, 4) is 0 Å². The molecule has 10 heteroatoms. The minimum atomic E-state index is -1.31. The number of ether oxygens (including phenoxy) is 1. The number of hydrogen-bond acceptors (Lipinski definition) is 10. The Morgan fingerprint density at radius 2 is 1.31 bits per heavy atom. The number of nitrogens with one attached hydrogen (secondary N) is 4. The van der Waals surface area contributed by atoms with Crippen LogP contribution in [0.5, 0.6) is 0 Å². The van der Waals surface area contributed by atoms with Gasteiger partial charge in [0.05, 0.1) is 19.8 Å². The Bertz CT molecular complexity index is 473. The zero-order valence-corrected chi connectivity index (χ0v) is 20.0. The molecule has 0 bridgehead atoms. The highest BCUT2D eigenvalue weighted by atomic mass is 16.6. The summed E-state index contributed by atoms with van der Waals surface area (Å²) in [5.41, 5.74) is 0. The van der Waals surface area contributed by atoms with Gasteiger partial charge in [0.15, 0.2) is 6.04 Å². The fourth-order valence-electron chi connectivity index (χ4n) is 3.52. The Morgan fingerprint density at radius 1 is 0.812 bits per heavy atom. The molecule has 0 aliphatic heterocycles. The second kappa shape index (κ2) is 20.5. The van der Waals surface area contributed by atoms with Crippen molar-refractivity contribution in [3.63, 3.8) is 0 Å². The molecule has 0 amide bonds. The summed E-state index contributed by atoms with van der Waals surface area (Å²) in [6.07, 6.45) is 10.2. The average Bonchev–Trinajstić information content (AvgIpc) is 2.79. The van der Waals surface area contributed by atoms with Crippen LogP contribution in [0.15, 0.2) is 0 Å². The van der Waals surface area contributed by atoms with E-state index in [2.05, 4.69) is 28.2 Å². The van der Waals surface area contributed by atoms with Crippen LogP contribution in [0.25, 0.3) is 0 Å². The van der Waals surface area contributed by atoms with Gasteiger partial charge in [0, 0.05) is 26.1 Å².